The number of benzene rings is 3. The summed E-state index contributed by atoms with van der Waals surface area (Å²) in [5.41, 5.74) is 9.01. The van der Waals surface area contributed by atoms with Gasteiger partial charge >= 0.3 is 0 Å². The largest absolute Gasteiger partial charge is 0.377 e. The molecule has 0 spiro atoms. The highest BCUT2D eigenvalue weighted by molar-refractivity contribution is 7.91. The van der Waals surface area contributed by atoms with Crippen molar-refractivity contribution in [2.45, 2.75) is 28.8 Å². The molecule has 0 radical (unpaired) electrons. The quantitative estimate of drug-likeness (QED) is 0.450. The van der Waals surface area contributed by atoms with E-state index in [2.05, 4.69) is 5.32 Å². The Balaban J connectivity index is 1.53. The van der Waals surface area contributed by atoms with Crippen LogP contribution < -0.4 is 16.0 Å². The second-order valence-corrected chi connectivity index (χ2v) is 11.2. The van der Waals surface area contributed by atoms with Gasteiger partial charge in [-0.05, 0) is 42.8 Å². The number of fused-ring (bicyclic) bond motifs is 3. The summed E-state index contributed by atoms with van der Waals surface area (Å²) < 4.78 is 32.4. The van der Waals surface area contributed by atoms with Gasteiger partial charge in [0, 0.05) is 11.9 Å². The zero-order valence-electron chi connectivity index (χ0n) is 19.2. The number of para-hydroxylation sites is 1. The Bertz CT molecular complexity index is 1570. The molecule has 0 saturated carbocycles. The van der Waals surface area contributed by atoms with Crippen LogP contribution in [-0.4, -0.2) is 43.7 Å². The lowest BCUT2D eigenvalue weighted by molar-refractivity contribution is -0.0461. The maximum absolute atomic E-state index is 13.6. The zero-order valence-corrected chi connectivity index (χ0v) is 20.0. The van der Waals surface area contributed by atoms with E-state index in [0.717, 1.165) is 16.5 Å². The van der Waals surface area contributed by atoms with Crippen molar-refractivity contribution in [2.24, 2.45) is 5.73 Å². The fourth-order valence-electron chi connectivity index (χ4n) is 4.57. The summed E-state index contributed by atoms with van der Waals surface area (Å²) in [6, 6.07) is 20.1. The zero-order chi connectivity index (χ0) is 24.2. The van der Waals surface area contributed by atoms with Crippen molar-refractivity contribution in [3.63, 3.8) is 0 Å². The van der Waals surface area contributed by atoms with Crippen molar-refractivity contribution in [3.05, 3.63) is 77.9 Å². The van der Waals surface area contributed by atoms with Crippen molar-refractivity contribution in [1.82, 2.24) is 9.97 Å². The predicted molar refractivity (Wildman–Crippen MR) is 135 cm³/mol. The highest BCUT2D eigenvalue weighted by Gasteiger charge is 2.35. The third-order valence-electron chi connectivity index (χ3n) is 6.50. The van der Waals surface area contributed by atoms with Gasteiger partial charge < -0.3 is 20.7 Å². The van der Waals surface area contributed by atoms with E-state index >= 15 is 0 Å². The van der Waals surface area contributed by atoms with Crippen LogP contribution in [0.5, 0.6) is 0 Å². The highest BCUT2D eigenvalue weighted by atomic mass is 32.2. The van der Waals surface area contributed by atoms with E-state index in [1.807, 2.05) is 48.2 Å². The molecule has 35 heavy (non-hydrogen) atoms. The topological polar surface area (TPSA) is 110 Å². The maximum Gasteiger partial charge on any atom is 0.232 e. The molecule has 0 aliphatic carbocycles. The molecule has 178 valence electrons. The van der Waals surface area contributed by atoms with E-state index in [1.165, 1.54) is 0 Å². The number of hydrogen-bond acceptors (Lipinski definition) is 8. The summed E-state index contributed by atoms with van der Waals surface area (Å²) >= 11 is 0. The van der Waals surface area contributed by atoms with Crippen LogP contribution in [0.25, 0.3) is 10.9 Å². The number of aromatic nitrogens is 2. The van der Waals surface area contributed by atoms with Crippen molar-refractivity contribution >= 4 is 38.2 Å². The molecule has 0 unspecified atom stereocenters. The van der Waals surface area contributed by atoms with Crippen LogP contribution in [0, 0.1) is 6.92 Å². The molecule has 3 aromatic carbocycles. The number of rotatable bonds is 4. The Hall–Kier alpha value is -3.53. The maximum atomic E-state index is 13.6. The molecule has 4 aromatic rings. The minimum absolute atomic E-state index is 0.236. The molecule has 8 nitrogen and oxygen atoms in total. The Kier molecular flexibility index (Phi) is 5.03. The van der Waals surface area contributed by atoms with Gasteiger partial charge in [-0.15, -0.1) is 0 Å². The number of aryl methyl sites for hydroxylation is 1. The Morgan fingerprint density at radius 3 is 2.54 bits per heavy atom. The van der Waals surface area contributed by atoms with Crippen molar-refractivity contribution in [3.8, 4) is 0 Å². The van der Waals surface area contributed by atoms with Gasteiger partial charge in [0.15, 0.2) is 0 Å². The highest BCUT2D eigenvalue weighted by Crippen LogP contribution is 2.40. The Morgan fingerprint density at radius 2 is 1.77 bits per heavy atom. The molecule has 0 bridgehead atoms. The van der Waals surface area contributed by atoms with E-state index in [-0.39, 0.29) is 4.90 Å². The third kappa shape index (κ3) is 3.72. The number of ether oxygens (including phenoxy) is 1. The molecule has 2 aliphatic rings. The summed E-state index contributed by atoms with van der Waals surface area (Å²) in [5, 5.41) is 4.29. The normalized spacial score (nSPS) is 17.7. The number of nitrogens with zero attached hydrogens (tertiary/aromatic N) is 3. The number of nitrogens with two attached hydrogens (primary N) is 1. The number of hydrogen-bond donors (Lipinski definition) is 2. The van der Waals surface area contributed by atoms with Crippen LogP contribution in [0.4, 0.5) is 17.5 Å². The van der Waals surface area contributed by atoms with Crippen molar-refractivity contribution in [2.75, 3.05) is 30.0 Å². The van der Waals surface area contributed by atoms with Gasteiger partial charge in [-0.1, -0.05) is 42.0 Å². The predicted octanol–water partition coefficient (Wildman–Crippen LogP) is 3.56. The van der Waals surface area contributed by atoms with Gasteiger partial charge in [0.25, 0.3) is 0 Å². The second-order valence-electron chi connectivity index (χ2n) is 9.27. The molecule has 6 rings (SSSR count). The van der Waals surface area contributed by atoms with Gasteiger partial charge in [0.05, 0.1) is 46.3 Å². The van der Waals surface area contributed by atoms with Crippen LogP contribution >= 0.6 is 0 Å². The SMILES string of the molecule is Cc1ccc2nc(N3Cc4ccccc4S(=O)(=O)c4ccccc43)nc(NCC3(N)COC3)c2c1. The molecular weight excluding hydrogens is 462 g/mol. The van der Waals surface area contributed by atoms with Crippen LogP contribution in [0.2, 0.25) is 0 Å². The number of sulfone groups is 1. The molecule has 2 aliphatic heterocycles. The van der Waals surface area contributed by atoms with E-state index in [1.54, 1.807) is 30.3 Å². The summed E-state index contributed by atoms with van der Waals surface area (Å²) in [4.78, 5) is 12.2. The molecule has 9 heteroatoms. The molecule has 1 saturated heterocycles. The van der Waals surface area contributed by atoms with E-state index in [9.17, 15) is 8.42 Å². The summed E-state index contributed by atoms with van der Waals surface area (Å²) in [6.45, 7) is 3.82. The minimum atomic E-state index is -3.71. The molecular formula is C26H25N5O3S. The van der Waals surface area contributed by atoms with Gasteiger partial charge in [-0.2, -0.15) is 4.98 Å². The lowest BCUT2D eigenvalue weighted by Crippen LogP contribution is -2.61. The Labute approximate surface area is 203 Å². The monoisotopic (exact) mass is 487 g/mol. The van der Waals surface area contributed by atoms with Gasteiger partial charge in [-0.25, -0.2) is 13.4 Å². The standard InChI is InChI=1S/C26H25N5O3S/c1-17-10-11-20-19(12-17)24(28-14-26(27)15-34-16-26)30-25(29-20)31-13-18-6-2-4-8-22(18)35(32,33)23-9-5-3-7-21(23)31/h2-12H,13-16,27H2,1H3,(H,28,29,30). The number of anilines is 3. The first-order valence-corrected chi connectivity index (χ1v) is 12.9. The molecule has 1 fully saturated rings. The molecule has 3 N–H and O–H groups in total. The van der Waals surface area contributed by atoms with Gasteiger partial charge in [0.1, 0.15) is 5.82 Å². The summed E-state index contributed by atoms with van der Waals surface area (Å²) in [7, 11) is -3.71. The first-order valence-electron chi connectivity index (χ1n) is 11.4. The third-order valence-corrected chi connectivity index (χ3v) is 8.41. The summed E-state index contributed by atoms with van der Waals surface area (Å²) in [6.07, 6.45) is 0. The molecule has 1 aromatic heterocycles. The van der Waals surface area contributed by atoms with Crippen LogP contribution in [0.15, 0.2) is 76.5 Å². The first kappa shape index (κ1) is 22.0. The first-order chi connectivity index (χ1) is 16.8. The van der Waals surface area contributed by atoms with Gasteiger partial charge in [-0.3, -0.25) is 0 Å². The number of nitrogens with one attached hydrogen (secondary N) is 1. The lowest BCUT2D eigenvalue weighted by atomic mass is 9.99. The molecule has 0 atom stereocenters. The van der Waals surface area contributed by atoms with E-state index < -0.39 is 15.4 Å². The average molecular weight is 488 g/mol. The van der Waals surface area contributed by atoms with Crippen molar-refractivity contribution in [1.29, 1.82) is 0 Å². The Morgan fingerprint density at radius 1 is 1.03 bits per heavy atom. The second kappa shape index (κ2) is 8.01. The fraction of sp³-hybridized carbons (Fsp3) is 0.231. The van der Waals surface area contributed by atoms with Crippen LogP contribution in [-0.2, 0) is 21.1 Å². The molecule has 0 amide bonds. The van der Waals surface area contributed by atoms with Crippen LogP contribution in [0.1, 0.15) is 11.1 Å². The smallest absolute Gasteiger partial charge is 0.232 e. The molecule has 3 heterocycles. The summed E-state index contributed by atoms with van der Waals surface area (Å²) in [5.74, 6) is 1.07. The van der Waals surface area contributed by atoms with Gasteiger partial charge in [0.2, 0.25) is 15.8 Å². The van der Waals surface area contributed by atoms with Crippen molar-refractivity contribution < 1.29 is 13.2 Å². The fourth-order valence-corrected chi connectivity index (χ4v) is 6.25. The van der Waals surface area contributed by atoms with E-state index in [0.29, 0.717) is 54.2 Å². The lowest BCUT2D eigenvalue weighted by Gasteiger charge is -2.38. The average Bonchev–Trinajstić information content (AvgIpc) is 2.94. The van der Waals surface area contributed by atoms with Crippen LogP contribution in [0.3, 0.4) is 0 Å². The minimum Gasteiger partial charge on any atom is -0.377 e. The van der Waals surface area contributed by atoms with E-state index in [4.69, 9.17) is 20.4 Å².